The number of thiazole rings is 1. The minimum atomic E-state index is -1.07. The van der Waals surface area contributed by atoms with Gasteiger partial charge in [-0.05, 0) is 40.5 Å². The van der Waals surface area contributed by atoms with Gasteiger partial charge in [0.2, 0.25) is 0 Å². The van der Waals surface area contributed by atoms with Crippen molar-refractivity contribution in [3.05, 3.63) is 39.1 Å². The van der Waals surface area contributed by atoms with Gasteiger partial charge < -0.3 is 10.4 Å². The Labute approximate surface area is 115 Å². The largest absolute Gasteiger partial charge is 0.476 e. The predicted octanol–water partition coefficient (Wildman–Crippen LogP) is 3.79. The Morgan fingerprint density at radius 3 is 2.89 bits per heavy atom. The van der Waals surface area contributed by atoms with Crippen LogP contribution in [-0.2, 0) is 0 Å². The number of hydrogen-bond donors (Lipinski definition) is 2. The second-order valence-corrected chi connectivity index (χ2v) is 5.26. The molecular formula is C11H8BrFN2O2S. The summed E-state index contributed by atoms with van der Waals surface area (Å²) in [6.45, 7) is 1.75. The van der Waals surface area contributed by atoms with Gasteiger partial charge in [0.25, 0.3) is 0 Å². The van der Waals surface area contributed by atoms with E-state index < -0.39 is 5.97 Å². The lowest BCUT2D eigenvalue weighted by Gasteiger charge is -2.07. The summed E-state index contributed by atoms with van der Waals surface area (Å²) in [5, 5.41) is 13.6. The molecule has 0 spiro atoms. The van der Waals surface area contributed by atoms with E-state index in [1.54, 1.807) is 13.0 Å². The van der Waals surface area contributed by atoms with Crippen molar-refractivity contribution in [2.24, 2.45) is 0 Å². The highest BCUT2D eigenvalue weighted by atomic mass is 79.9. The van der Waals surface area contributed by atoms with Crippen LogP contribution in [0.4, 0.5) is 15.2 Å². The number of carboxylic acids is 1. The number of nitrogens with zero attached hydrogens (tertiary/aromatic N) is 1. The van der Waals surface area contributed by atoms with Crippen molar-refractivity contribution >= 4 is 44.1 Å². The monoisotopic (exact) mass is 330 g/mol. The number of aromatic carboxylic acids is 1. The number of hydrogen-bond acceptors (Lipinski definition) is 4. The predicted molar refractivity (Wildman–Crippen MR) is 71.2 cm³/mol. The van der Waals surface area contributed by atoms with E-state index in [1.165, 1.54) is 22.8 Å². The van der Waals surface area contributed by atoms with Gasteiger partial charge in [0.15, 0.2) is 10.8 Å². The normalized spacial score (nSPS) is 10.4. The highest BCUT2D eigenvalue weighted by molar-refractivity contribution is 9.10. The fourth-order valence-electron chi connectivity index (χ4n) is 1.33. The molecular weight excluding hydrogens is 323 g/mol. The van der Waals surface area contributed by atoms with Gasteiger partial charge in [-0.3, -0.25) is 0 Å². The van der Waals surface area contributed by atoms with Crippen molar-refractivity contribution in [2.75, 3.05) is 5.32 Å². The van der Waals surface area contributed by atoms with Crippen LogP contribution in [0.2, 0.25) is 0 Å². The molecule has 1 aromatic heterocycles. The third-order valence-electron chi connectivity index (χ3n) is 2.23. The number of halogens is 2. The molecule has 7 heteroatoms. The summed E-state index contributed by atoms with van der Waals surface area (Å²) in [6.07, 6.45) is 0. The van der Waals surface area contributed by atoms with Gasteiger partial charge in [-0.15, -0.1) is 11.3 Å². The van der Waals surface area contributed by atoms with Gasteiger partial charge >= 0.3 is 5.97 Å². The summed E-state index contributed by atoms with van der Waals surface area (Å²) < 4.78 is 13.6. The smallest absolute Gasteiger partial charge is 0.355 e. The van der Waals surface area contributed by atoms with Crippen LogP contribution in [0, 0.1) is 12.7 Å². The van der Waals surface area contributed by atoms with Crippen molar-refractivity contribution in [2.45, 2.75) is 6.92 Å². The molecule has 0 atom stereocenters. The summed E-state index contributed by atoms with van der Waals surface area (Å²) >= 11 is 4.28. The second kappa shape index (κ2) is 5.03. The Hall–Kier alpha value is -1.47. The summed E-state index contributed by atoms with van der Waals surface area (Å²) in [5.74, 6) is -1.42. The average Bonchev–Trinajstić information content (AvgIpc) is 2.74. The van der Waals surface area contributed by atoms with E-state index in [2.05, 4.69) is 26.2 Å². The maximum Gasteiger partial charge on any atom is 0.355 e. The quantitative estimate of drug-likeness (QED) is 0.898. The van der Waals surface area contributed by atoms with Crippen molar-refractivity contribution in [1.82, 2.24) is 4.98 Å². The molecule has 0 aliphatic carbocycles. The Morgan fingerprint density at radius 2 is 2.28 bits per heavy atom. The molecule has 94 valence electrons. The molecule has 0 unspecified atom stereocenters. The molecule has 4 nitrogen and oxygen atoms in total. The third kappa shape index (κ3) is 2.68. The van der Waals surface area contributed by atoms with Gasteiger partial charge in [-0.25, -0.2) is 14.2 Å². The number of rotatable bonds is 3. The molecule has 18 heavy (non-hydrogen) atoms. The first-order valence-electron chi connectivity index (χ1n) is 4.89. The molecule has 0 radical (unpaired) electrons. The number of aryl methyl sites for hydroxylation is 1. The van der Waals surface area contributed by atoms with E-state index in [0.29, 0.717) is 20.9 Å². The van der Waals surface area contributed by atoms with E-state index in [-0.39, 0.29) is 11.5 Å². The Bertz CT molecular complexity index is 615. The molecule has 2 aromatic rings. The minimum Gasteiger partial charge on any atom is -0.476 e. The van der Waals surface area contributed by atoms with Crippen molar-refractivity contribution in [3.63, 3.8) is 0 Å². The van der Waals surface area contributed by atoms with Crippen LogP contribution in [0.25, 0.3) is 0 Å². The Morgan fingerprint density at radius 1 is 1.56 bits per heavy atom. The van der Waals surface area contributed by atoms with Crippen LogP contribution in [0.3, 0.4) is 0 Å². The SMILES string of the molecule is Cc1cc(F)c(Br)cc1Nc1nc(C(=O)O)cs1. The van der Waals surface area contributed by atoms with Crippen molar-refractivity contribution in [1.29, 1.82) is 0 Å². The first kappa shape index (κ1) is 13.0. The van der Waals surface area contributed by atoms with Crippen LogP contribution in [0.5, 0.6) is 0 Å². The van der Waals surface area contributed by atoms with Gasteiger partial charge in [-0.2, -0.15) is 0 Å². The van der Waals surface area contributed by atoms with Crippen LogP contribution >= 0.6 is 27.3 Å². The number of carboxylic acid groups (broad SMARTS) is 1. The Kier molecular flexibility index (Phi) is 3.63. The molecule has 1 aromatic carbocycles. The van der Waals surface area contributed by atoms with E-state index in [9.17, 15) is 9.18 Å². The van der Waals surface area contributed by atoms with Gasteiger partial charge in [0, 0.05) is 11.1 Å². The molecule has 2 rings (SSSR count). The van der Waals surface area contributed by atoms with Crippen LogP contribution < -0.4 is 5.32 Å². The van der Waals surface area contributed by atoms with E-state index in [4.69, 9.17) is 5.11 Å². The van der Waals surface area contributed by atoms with Gasteiger partial charge in [0.05, 0.1) is 4.47 Å². The highest BCUT2D eigenvalue weighted by Crippen LogP contribution is 2.28. The summed E-state index contributed by atoms with van der Waals surface area (Å²) in [6, 6.07) is 2.98. The Balaban J connectivity index is 2.28. The topological polar surface area (TPSA) is 62.2 Å². The number of carbonyl (C=O) groups is 1. The zero-order valence-electron chi connectivity index (χ0n) is 9.20. The second-order valence-electron chi connectivity index (χ2n) is 3.55. The zero-order chi connectivity index (χ0) is 13.3. The molecule has 0 bridgehead atoms. The standard InChI is InChI=1S/C11H8BrFN2O2S/c1-5-2-7(13)6(12)3-8(5)14-11-15-9(4-18-11)10(16)17/h2-4H,1H3,(H,14,15)(H,16,17). The lowest BCUT2D eigenvalue weighted by Crippen LogP contribution is -1.98. The fourth-order valence-corrected chi connectivity index (χ4v) is 2.37. The molecule has 0 saturated heterocycles. The van der Waals surface area contributed by atoms with Crippen molar-refractivity contribution < 1.29 is 14.3 Å². The third-order valence-corrected chi connectivity index (χ3v) is 3.60. The molecule has 0 amide bonds. The molecule has 1 heterocycles. The van der Waals surface area contributed by atoms with Crippen molar-refractivity contribution in [3.8, 4) is 0 Å². The molecule has 0 aliphatic heterocycles. The molecule has 0 fully saturated rings. The lowest BCUT2D eigenvalue weighted by atomic mass is 10.2. The molecule has 0 saturated carbocycles. The number of benzene rings is 1. The van der Waals surface area contributed by atoms with E-state index >= 15 is 0 Å². The maximum atomic E-state index is 13.2. The number of nitrogens with one attached hydrogen (secondary N) is 1. The lowest BCUT2D eigenvalue weighted by molar-refractivity contribution is 0.0691. The first-order chi connectivity index (χ1) is 8.47. The summed E-state index contributed by atoms with van der Waals surface area (Å²) in [7, 11) is 0. The highest BCUT2D eigenvalue weighted by Gasteiger charge is 2.10. The van der Waals surface area contributed by atoms with E-state index in [0.717, 1.165) is 0 Å². The van der Waals surface area contributed by atoms with Crippen LogP contribution in [-0.4, -0.2) is 16.1 Å². The minimum absolute atomic E-state index is 0.0127. The van der Waals surface area contributed by atoms with Crippen LogP contribution in [0.1, 0.15) is 16.1 Å². The molecule has 0 aliphatic rings. The first-order valence-corrected chi connectivity index (χ1v) is 6.56. The maximum absolute atomic E-state index is 13.2. The number of anilines is 2. The fraction of sp³-hybridized carbons (Fsp3) is 0.0909. The average molecular weight is 331 g/mol. The van der Waals surface area contributed by atoms with Crippen LogP contribution in [0.15, 0.2) is 22.0 Å². The van der Waals surface area contributed by atoms with E-state index in [1.807, 2.05) is 0 Å². The summed E-state index contributed by atoms with van der Waals surface area (Å²) in [4.78, 5) is 14.6. The van der Waals surface area contributed by atoms with Gasteiger partial charge in [0.1, 0.15) is 5.82 Å². The number of aromatic nitrogens is 1. The zero-order valence-corrected chi connectivity index (χ0v) is 11.6. The molecule has 2 N–H and O–H groups in total. The van der Waals surface area contributed by atoms with Gasteiger partial charge in [-0.1, -0.05) is 0 Å². The summed E-state index contributed by atoms with van der Waals surface area (Å²) in [5.41, 5.74) is 1.37.